The SMILES string of the molecule is COc1ccc(C(=O)NCc2cccc(Oc3ccc(F)cc3)c2)cc1. The molecular formula is C21H18FNO3. The number of carbonyl (C=O) groups is 1. The number of hydrogen-bond acceptors (Lipinski definition) is 3. The molecule has 26 heavy (non-hydrogen) atoms. The molecule has 0 unspecified atom stereocenters. The molecule has 132 valence electrons. The second-order valence-corrected chi connectivity index (χ2v) is 5.61. The topological polar surface area (TPSA) is 47.6 Å². The van der Waals surface area contributed by atoms with E-state index in [0.29, 0.717) is 29.4 Å². The number of amides is 1. The number of benzene rings is 3. The van der Waals surface area contributed by atoms with Crippen molar-refractivity contribution in [2.24, 2.45) is 0 Å². The molecule has 4 nitrogen and oxygen atoms in total. The van der Waals surface area contributed by atoms with Crippen molar-refractivity contribution in [1.29, 1.82) is 0 Å². The molecule has 0 atom stereocenters. The van der Waals surface area contributed by atoms with Gasteiger partial charge >= 0.3 is 0 Å². The number of hydrogen-bond donors (Lipinski definition) is 1. The summed E-state index contributed by atoms with van der Waals surface area (Å²) in [6.07, 6.45) is 0. The van der Waals surface area contributed by atoms with Gasteiger partial charge in [0.25, 0.3) is 5.91 Å². The van der Waals surface area contributed by atoms with Crippen molar-refractivity contribution in [3.05, 3.63) is 89.7 Å². The van der Waals surface area contributed by atoms with Crippen LogP contribution in [0.3, 0.4) is 0 Å². The molecule has 1 amide bonds. The van der Waals surface area contributed by atoms with Gasteiger partial charge < -0.3 is 14.8 Å². The van der Waals surface area contributed by atoms with E-state index in [1.54, 1.807) is 49.6 Å². The van der Waals surface area contributed by atoms with Gasteiger partial charge in [0.2, 0.25) is 0 Å². The molecule has 1 N–H and O–H groups in total. The minimum absolute atomic E-state index is 0.169. The maximum Gasteiger partial charge on any atom is 0.251 e. The minimum atomic E-state index is -0.313. The molecule has 0 spiro atoms. The Labute approximate surface area is 151 Å². The average Bonchev–Trinajstić information content (AvgIpc) is 2.68. The summed E-state index contributed by atoms with van der Waals surface area (Å²) in [7, 11) is 1.58. The molecule has 0 fully saturated rings. The summed E-state index contributed by atoms with van der Waals surface area (Å²) in [4.78, 5) is 12.2. The summed E-state index contributed by atoms with van der Waals surface area (Å²) < 4.78 is 23.7. The molecule has 3 aromatic rings. The van der Waals surface area contributed by atoms with Gasteiger partial charge in [-0.2, -0.15) is 0 Å². The predicted molar refractivity (Wildman–Crippen MR) is 97.1 cm³/mol. The monoisotopic (exact) mass is 351 g/mol. The quantitative estimate of drug-likeness (QED) is 0.708. The second kappa shape index (κ2) is 8.16. The normalized spacial score (nSPS) is 10.2. The first kappa shape index (κ1) is 17.5. The zero-order valence-corrected chi connectivity index (χ0v) is 14.2. The Morgan fingerprint density at radius 2 is 1.62 bits per heavy atom. The van der Waals surface area contributed by atoms with Crippen molar-refractivity contribution < 1.29 is 18.7 Å². The molecule has 5 heteroatoms. The summed E-state index contributed by atoms with van der Waals surface area (Å²) in [5.41, 5.74) is 1.45. The Kier molecular flexibility index (Phi) is 5.49. The Hall–Kier alpha value is -3.34. The van der Waals surface area contributed by atoms with Crippen molar-refractivity contribution in [3.8, 4) is 17.2 Å². The highest BCUT2D eigenvalue weighted by Crippen LogP contribution is 2.22. The lowest BCUT2D eigenvalue weighted by Gasteiger charge is -2.09. The lowest BCUT2D eigenvalue weighted by molar-refractivity contribution is 0.0951. The van der Waals surface area contributed by atoms with E-state index in [-0.39, 0.29) is 11.7 Å². The molecule has 0 aromatic heterocycles. The van der Waals surface area contributed by atoms with E-state index in [0.717, 1.165) is 5.56 Å². The van der Waals surface area contributed by atoms with Crippen LogP contribution in [-0.2, 0) is 6.54 Å². The molecule has 0 radical (unpaired) electrons. The Balaban J connectivity index is 1.61. The Bertz CT molecular complexity index is 877. The van der Waals surface area contributed by atoms with Gasteiger partial charge in [0, 0.05) is 12.1 Å². The second-order valence-electron chi connectivity index (χ2n) is 5.61. The number of nitrogens with one attached hydrogen (secondary N) is 1. The molecule has 0 aliphatic carbocycles. The van der Waals surface area contributed by atoms with Gasteiger partial charge in [-0.1, -0.05) is 12.1 Å². The highest BCUT2D eigenvalue weighted by Gasteiger charge is 2.06. The molecule has 0 heterocycles. The molecule has 3 aromatic carbocycles. The first-order valence-electron chi connectivity index (χ1n) is 8.08. The molecule has 3 rings (SSSR count). The fraction of sp³-hybridized carbons (Fsp3) is 0.0952. The van der Waals surface area contributed by atoms with Crippen LogP contribution in [-0.4, -0.2) is 13.0 Å². The average molecular weight is 351 g/mol. The largest absolute Gasteiger partial charge is 0.497 e. The smallest absolute Gasteiger partial charge is 0.251 e. The third-order valence-corrected chi connectivity index (χ3v) is 3.75. The number of methoxy groups -OCH3 is 1. The van der Waals surface area contributed by atoms with Crippen LogP contribution in [0.4, 0.5) is 4.39 Å². The van der Waals surface area contributed by atoms with Gasteiger partial charge in [-0.25, -0.2) is 4.39 Å². The first-order chi connectivity index (χ1) is 12.6. The van der Waals surface area contributed by atoms with Crippen LogP contribution in [0.1, 0.15) is 15.9 Å². The third kappa shape index (κ3) is 4.60. The van der Waals surface area contributed by atoms with Crippen molar-refractivity contribution in [3.63, 3.8) is 0 Å². The summed E-state index contributed by atoms with van der Waals surface area (Å²) in [5, 5.41) is 2.87. The standard InChI is InChI=1S/C21H18FNO3/c1-25-18-9-5-16(6-10-18)21(24)23-14-15-3-2-4-20(13-15)26-19-11-7-17(22)8-12-19/h2-13H,14H2,1H3,(H,23,24). The molecular weight excluding hydrogens is 333 g/mol. The van der Waals surface area contributed by atoms with E-state index >= 15 is 0 Å². The van der Waals surface area contributed by atoms with Crippen LogP contribution >= 0.6 is 0 Å². The predicted octanol–water partition coefficient (Wildman–Crippen LogP) is 4.56. The van der Waals surface area contributed by atoms with E-state index in [1.165, 1.54) is 12.1 Å². The van der Waals surface area contributed by atoms with Crippen LogP contribution < -0.4 is 14.8 Å². The van der Waals surface area contributed by atoms with Crippen molar-refractivity contribution in [2.75, 3.05) is 7.11 Å². The maximum absolute atomic E-state index is 12.9. The van der Waals surface area contributed by atoms with Gasteiger partial charge in [0.15, 0.2) is 0 Å². The van der Waals surface area contributed by atoms with Gasteiger partial charge in [-0.3, -0.25) is 4.79 Å². The molecule has 0 saturated heterocycles. The minimum Gasteiger partial charge on any atom is -0.497 e. The lowest BCUT2D eigenvalue weighted by atomic mass is 10.2. The van der Waals surface area contributed by atoms with Crippen molar-refractivity contribution in [1.82, 2.24) is 5.32 Å². The highest BCUT2D eigenvalue weighted by atomic mass is 19.1. The van der Waals surface area contributed by atoms with Gasteiger partial charge in [0.1, 0.15) is 23.1 Å². The molecule has 0 aliphatic rings. The van der Waals surface area contributed by atoms with E-state index in [4.69, 9.17) is 9.47 Å². The number of carbonyl (C=O) groups excluding carboxylic acids is 1. The summed E-state index contributed by atoms with van der Waals surface area (Å²) in [6.45, 7) is 0.367. The molecule has 0 aliphatic heterocycles. The van der Waals surface area contributed by atoms with E-state index in [9.17, 15) is 9.18 Å². The highest BCUT2D eigenvalue weighted by molar-refractivity contribution is 5.94. The van der Waals surface area contributed by atoms with Crippen molar-refractivity contribution in [2.45, 2.75) is 6.54 Å². The molecule has 0 saturated carbocycles. The zero-order chi connectivity index (χ0) is 18.4. The fourth-order valence-electron chi connectivity index (χ4n) is 2.38. The van der Waals surface area contributed by atoms with Crippen LogP contribution in [0, 0.1) is 5.82 Å². The Morgan fingerprint density at radius 3 is 2.31 bits per heavy atom. The fourth-order valence-corrected chi connectivity index (χ4v) is 2.38. The first-order valence-corrected chi connectivity index (χ1v) is 8.08. The van der Waals surface area contributed by atoms with Crippen LogP contribution in [0.15, 0.2) is 72.8 Å². The zero-order valence-electron chi connectivity index (χ0n) is 14.2. The van der Waals surface area contributed by atoms with Gasteiger partial charge in [-0.15, -0.1) is 0 Å². The van der Waals surface area contributed by atoms with Gasteiger partial charge in [-0.05, 0) is 66.2 Å². The number of halogens is 1. The maximum atomic E-state index is 12.9. The lowest BCUT2D eigenvalue weighted by Crippen LogP contribution is -2.22. The molecule has 0 bridgehead atoms. The Morgan fingerprint density at radius 1 is 0.923 bits per heavy atom. The van der Waals surface area contributed by atoms with E-state index in [1.807, 2.05) is 18.2 Å². The number of ether oxygens (including phenoxy) is 2. The van der Waals surface area contributed by atoms with E-state index < -0.39 is 0 Å². The van der Waals surface area contributed by atoms with Crippen LogP contribution in [0.2, 0.25) is 0 Å². The van der Waals surface area contributed by atoms with Gasteiger partial charge in [0.05, 0.1) is 7.11 Å². The summed E-state index contributed by atoms with van der Waals surface area (Å²) in [6, 6.07) is 20.1. The van der Waals surface area contributed by atoms with Crippen molar-refractivity contribution >= 4 is 5.91 Å². The van der Waals surface area contributed by atoms with E-state index in [2.05, 4.69) is 5.32 Å². The number of rotatable bonds is 6. The van der Waals surface area contributed by atoms with Crippen LogP contribution in [0.5, 0.6) is 17.2 Å². The summed E-state index contributed by atoms with van der Waals surface area (Å²) in [5.74, 6) is 1.38. The van der Waals surface area contributed by atoms with Crippen LogP contribution in [0.25, 0.3) is 0 Å². The summed E-state index contributed by atoms with van der Waals surface area (Å²) >= 11 is 0. The third-order valence-electron chi connectivity index (χ3n) is 3.75.